The number of aromatic hydroxyl groups is 1. The third kappa shape index (κ3) is 1.83. The van der Waals surface area contributed by atoms with Crippen LogP contribution in [0.15, 0.2) is 48.8 Å². The molecule has 4 nitrogen and oxygen atoms in total. The van der Waals surface area contributed by atoms with Gasteiger partial charge in [-0.3, -0.25) is 0 Å². The lowest BCUT2D eigenvalue weighted by Crippen LogP contribution is -1.96. The number of aromatic nitrogens is 2. The van der Waals surface area contributed by atoms with Crippen molar-refractivity contribution in [2.75, 3.05) is 0 Å². The highest BCUT2D eigenvalue weighted by molar-refractivity contribution is 5.63. The van der Waals surface area contributed by atoms with E-state index in [-0.39, 0.29) is 5.75 Å². The van der Waals surface area contributed by atoms with Gasteiger partial charge in [-0.2, -0.15) is 0 Å². The fourth-order valence-corrected chi connectivity index (χ4v) is 1.92. The van der Waals surface area contributed by atoms with Crippen LogP contribution in [0.3, 0.4) is 0 Å². The predicted molar refractivity (Wildman–Crippen MR) is 70.2 cm³/mol. The Morgan fingerprint density at radius 1 is 1.17 bits per heavy atom. The molecule has 0 fully saturated rings. The average molecular weight is 239 g/mol. The average Bonchev–Trinajstić information content (AvgIpc) is 2.82. The van der Waals surface area contributed by atoms with Crippen LogP contribution in [0.25, 0.3) is 16.9 Å². The van der Waals surface area contributed by atoms with Crippen molar-refractivity contribution in [1.29, 1.82) is 0 Å². The first kappa shape index (κ1) is 10.8. The third-order valence-corrected chi connectivity index (χ3v) is 2.92. The van der Waals surface area contributed by atoms with E-state index >= 15 is 0 Å². The first-order chi connectivity index (χ1) is 8.76. The number of fused-ring (bicyclic) bond motifs is 1. The van der Waals surface area contributed by atoms with Crippen LogP contribution in [0.5, 0.6) is 5.75 Å². The van der Waals surface area contributed by atoms with Crippen LogP contribution in [0.4, 0.5) is 0 Å². The van der Waals surface area contributed by atoms with E-state index in [4.69, 9.17) is 5.73 Å². The van der Waals surface area contributed by atoms with E-state index in [0.29, 0.717) is 6.54 Å². The van der Waals surface area contributed by atoms with Gasteiger partial charge in [-0.1, -0.05) is 0 Å². The molecular formula is C14H13N3O. The van der Waals surface area contributed by atoms with E-state index in [9.17, 15) is 5.11 Å². The standard InChI is InChI=1S/C14H13N3O/c15-8-10-5-6-17-9-13(16-14(17)7-10)11-1-3-12(18)4-2-11/h1-7,9,18H,8,15H2. The molecule has 90 valence electrons. The van der Waals surface area contributed by atoms with Gasteiger partial charge in [0.05, 0.1) is 5.69 Å². The molecule has 18 heavy (non-hydrogen) atoms. The van der Waals surface area contributed by atoms with Crippen LogP contribution < -0.4 is 5.73 Å². The Hall–Kier alpha value is -2.33. The Bertz CT molecular complexity index is 686. The molecule has 0 bridgehead atoms. The minimum Gasteiger partial charge on any atom is -0.508 e. The second-order valence-electron chi connectivity index (χ2n) is 4.18. The third-order valence-electron chi connectivity index (χ3n) is 2.92. The molecule has 0 saturated carbocycles. The molecule has 0 saturated heterocycles. The molecule has 1 aromatic carbocycles. The van der Waals surface area contributed by atoms with E-state index in [0.717, 1.165) is 22.5 Å². The number of rotatable bonds is 2. The lowest BCUT2D eigenvalue weighted by atomic mass is 10.2. The zero-order chi connectivity index (χ0) is 12.5. The summed E-state index contributed by atoms with van der Waals surface area (Å²) in [5, 5.41) is 9.27. The summed E-state index contributed by atoms with van der Waals surface area (Å²) >= 11 is 0. The molecule has 3 rings (SSSR count). The summed E-state index contributed by atoms with van der Waals surface area (Å²) in [5.41, 5.74) is 9.40. The van der Waals surface area contributed by atoms with Crippen LogP contribution in [-0.2, 0) is 6.54 Å². The summed E-state index contributed by atoms with van der Waals surface area (Å²) in [6, 6.07) is 11.0. The molecule has 3 aromatic rings. The van der Waals surface area contributed by atoms with Crippen molar-refractivity contribution in [3.05, 3.63) is 54.4 Å². The predicted octanol–water partition coefficient (Wildman–Crippen LogP) is 2.17. The molecule has 0 unspecified atom stereocenters. The first-order valence-electron chi connectivity index (χ1n) is 5.73. The smallest absolute Gasteiger partial charge is 0.137 e. The maximum atomic E-state index is 9.27. The van der Waals surface area contributed by atoms with Gasteiger partial charge >= 0.3 is 0 Å². The van der Waals surface area contributed by atoms with E-state index in [1.54, 1.807) is 12.1 Å². The Morgan fingerprint density at radius 3 is 2.67 bits per heavy atom. The Kier molecular flexibility index (Phi) is 2.50. The summed E-state index contributed by atoms with van der Waals surface area (Å²) < 4.78 is 1.96. The molecule has 0 atom stereocenters. The number of pyridine rings is 1. The molecule has 0 aliphatic rings. The Balaban J connectivity index is 2.10. The molecule has 3 N–H and O–H groups in total. The van der Waals surface area contributed by atoms with Crippen molar-refractivity contribution in [1.82, 2.24) is 9.38 Å². The van der Waals surface area contributed by atoms with Crippen LogP contribution >= 0.6 is 0 Å². The summed E-state index contributed by atoms with van der Waals surface area (Å²) in [7, 11) is 0. The van der Waals surface area contributed by atoms with Crippen LogP contribution in [0.2, 0.25) is 0 Å². The molecule has 4 heteroatoms. The van der Waals surface area contributed by atoms with E-state index in [1.807, 2.05) is 41.1 Å². The summed E-state index contributed by atoms with van der Waals surface area (Å²) in [4.78, 5) is 4.55. The van der Waals surface area contributed by atoms with Crippen molar-refractivity contribution in [3.8, 4) is 17.0 Å². The van der Waals surface area contributed by atoms with E-state index < -0.39 is 0 Å². The maximum absolute atomic E-state index is 9.27. The fourth-order valence-electron chi connectivity index (χ4n) is 1.92. The summed E-state index contributed by atoms with van der Waals surface area (Å²) in [6.45, 7) is 0.512. The van der Waals surface area contributed by atoms with E-state index in [1.165, 1.54) is 0 Å². The number of phenolic OH excluding ortho intramolecular Hbond substituents is 1. The molecule has 0 amide bonds. The highest BCUT2D eigenvalue weighted by Crippen LogP contribution is 2.21. The highest BCUT2D eigenvalue weighted by Gasteiger charge is 2.04. The molecule has 0 spiro atoms. The van der Waals surface area contributed by atoms with Crippen molar-refractivity contribution < 1.29 is 5.11 Å². The zero-order valence-corrected chi connectivity index (χ0v) is 9.74. The number of hydrogen-bond donors (Lipinski definition) is 2. The van der Waals surface area contributed by atoms with Gasteiger partial charge in [-0.15, -0.1) is 0 Å². The number of phenols is 1. The molecule has 0 aliphatic carbocycles. The quantitative estimate of drug-likeness (QED) is 0.720. The molecular weight excluding hydrogens is 226 g/mol. The molecule has 2 heterocycles. The minimum atomic E-state index is 0.257. The lowest BCUT2D eigenvalue weighted by Gasteiger charge is -1.96. The largest absolute Gasteiger partial charge is 0.508 e. The normalized spacial score (nSPS) is 10.9. The van der Waals surface area contributed by atoms with Crippen molar-refractivity contribution in [2.24, 2.45) is 5.73 Å². The molecule has 0 aliphatic heterocycles. The molecule has 0 radical (unpaired) electrons. The van der Waals surface area contributed by atoms with Gasteiger partial charge in [0.1, 0.15) is 11.4 Å². The van der Waals surface area contributed by atoms with Gasteiger partial charge in [-0.05, 0) is 42.0 Å². The summed E-state index contributed by atoms with van der Waals surface area (Å²) in [6.07, 6.45) is 3.91. The number of imidazole rings is 1. The SMILES string of the molecule is NCc1ccn2cc(-c3ccc(O)cc3)nc2c1. The fraction of sp³-hybridized carbons (Fsp3) is 0.0714. The first-order valence-corrected chi connectivity index (χ1v) is 5.73. The van der Waals surface area contributed by atoms with Crippen molar-refractivity contribution in [2.45, 2.75) is 6.54 Å². The number of nitrogens with two attached hydrogens (primary N) is 1. The van der Waals surface area contributed by atoms with Gasteiger partial charge in [0.25, 0.3) is 0 Å². The van der Waals surface area contributed by atoms with Gasteiger partial charge in [-0.25, -0.2) is 4.98 Å². The van der Waals surface area contributed by atoms with Crippen LogP contribution in [0, 0.1) is 0 Å². The molecule has 2 aromatic heterocycles. The zero-order valence-electron chi connectivity index (χ0n) is 9.74. The second-order valence-corrected chi connectivity index (χ2v) is 4.18. The van der Waals surface area contributed by atoms with Crippen molar-refractivity contribution in [3.63, 3.8) is 0 Å². The lowest BCUT2D eigenvalue weighted by molar-refractivity contribution is 0.475. The van der Waals surface area contributed by atoms with Crippen LogP contribution in [0.1, 0.15) is 5.56 Å². The minimum absolute atomic E-state index is 0.257. The second kappa shape index (κ2) is 4.16. The summed E-state index contributed by atoms with van der Waals surface area (Å²) in [5.74, 6) is 0.257. The van der Waals surface area contributed by atoms with Gasteiger partial charge < -0.3 is 15.2 Å². The Labute approximate surface area is 104 Å². The highest BCUT2D eigenvalue weighted by atomic mass is 16.3. The van der Waals surface area contributed by atoms with Crippen molar-refractivity contribution >= 4 is 5.65 Å². The topological polar surface area (TPSA) is 63.5 Å². The van der Waals surface area contributed by atoms with E-state index in [2.05, 4.69) is 4.98 Å². The number of hydrogen-bond acceptors (Lipinski definition) is 3. The number of nitrogens with zero attached hydrogens (tertiary/aromatic N) is 2. The Morgan fingerprint density at radius 2 is 1.94 bits per heavy atom. The van der Waals surface area contributed by atoms with Gasteiger partial charge in [0.2, 0.25) is 0 Å². The number of benzene rings is 1. The van der Waals surface area contributed by atoms with Crippen LogP contribution in [-0.4, -0.2) is 14.5 Å². The maximum Gasteiger partial charge on any atom is 0.137 e. The monoisotopic (exact) mass is 239 g/mol. The van der Waals surface area contributed by atoms with Gasteiger partial charge in [0.15, 0.2) is 0 Å². The van der Waals surface area contributed by atoms with Gasteiger partial charge in [0, 0.05) is 24.5 Å².